The Morgan fingerprint density at radius 3 is 2.00 bits per heavy atom. The smallest absolute Gasteiger partial charge is 0.273 e. The number of hydrogen-bond acceptors (Lipinski definition) is 3. The summed E-state index contributed by atoms with van der Waals surface area (Å²) in [5.74, 6) is -0.166. The number of halogens is 1. The van der Waals surface area contributed by atoms with Crippen molar-refractivity contribution in [3.05, 3.63) is 0 Å². The van der Waals surface area contributed by atoms with Crippen LogP contribution in [0.15, 0.2) is 0 Å². The molecular formula is C5H15ClO3Si2. The zero-order valence-corrected chi connectivity index (χ0v) is 10.6. The Balaban J connectivity index is 3.51. The molecular weight excluding hydrogens is 200 g/mol. The van der Waals surface area contributed by atoms with Gasteiger partial charge in [0, 0.05) is 14.2 Å². The predicted molar refractivity (Wildman–Crippen MR) is 50.8 cm³/mol. The molecule has 0 spiro atoms. The lowest BCUT2D eigenvalue weighted by molar-refractivity contribution is -0.0493. The van der Waals surface area contributed by atoms with Gasteiger partial charge in [-0.15, -0.1) is 11.1 Å². The maximum Gasteiger partial charge on any atom is 0.273 e. The van der Waals surface area contributed by atoms with Crippen LogP contribution in [0.2, 0.25) is 13.1 Å². The van der Waals surface area contributed by atoms with E-state index in [4.69, 9.17) is 24.7 Å². The van der Waals surface area contributed by atoms with Crippen LogP contribution < -0.4 is 0 Å². The SMILES string of the molecule is COC(OC)[SiH2]O[Si](C)(C)Cl. The Kier molecular flexibility index (Phi) is 5.57. The maximum absolute atomic E-state index is 5.93. The molecule has 0 aliphatic carbocycles. The van der Waals surface area contributed by atoms with Crippen molar-refractivity contribution in [2.45, 2.75) is 19.0 Å². The first-order chi connectivity index (χ1) is 4.99. The van der Waals surface area contributed by atoms with E-state index in [0.29, 0.717) is 0 Å². The van der Waals surface area contributed by atoms with Crippen molar-refractivity contribution in [3.8, 4) is 0 Å². The second-order valence-corrected chi connectivity index (χ2v) is 10.2. The molecule has 0 N–H and O–H groups in total. The van der Waals surface area contributed by atoms with E-state index in [1.54, 1.807) is 14.2 Å². The van der Waals surface area contributed by atoms with Crippen LogP contribution in [0.3, 0.4) is 0 Å². The summed E-state index contributed by atoms with van der Waals surface area (Å²) < 4.78 is 15.4. The molecule has 68 valence electrons. The van der Waals surface area contributed by atoms with Crippen molar-refractivity contribution in [3.63, 3.8) is 0 Å². The fourth-order valence-corrected chi connectivity index (χ4v) is 3.47. The van der Waals surface area contributed by atoms with Crippen molar-refractivity contribution >= 4 is 28.5 Å². The molecule has 0 aliphatic rings. The molecule has 11 heavy (non-hydrogen) atoms. The molecule has 0 heterocycles. The predicted octanol–water partition coefficient (Wildman–Crippen LogP) is 0.604. The Hall–Kier alpha value is 0.604. The third kappa shape index (κ3) is 6.98. The lowest BCUT2D eigenvalue weighted by Gasteiger charge is -2.18. The summed E-state index contributed by atoms with van der Waals surface area (Å²) >= 11 is 5.93. The third-order valence-corrected chi connectivity index (χ3v) is 6.42. The molecule has 0 saturated carbocycles. The highest BCUT2D eigenvalue weighted by molar-refractivity contribution is 7.16. The van der Waals surface area contributed by atoms with Gasteiger partial charge in [-0.25, -0.2) is 0 Å². The van der Waals surface area contributed by atoms with E-state index in [1.165, 1.54) is 0 Å². The van der Waals surface area contributed by atoms with E-state index < -0.39 is 17.4 Å². The average molecular weight is 215 g/mol. The van der Waals surface area contributed by atoms with Gasteiger partial charge in [-0.2, -0.15) is 0 Å². The highest BCUT2D eigenvalue weighted by Crippen LogP contribution is 2.08. The number of methoxy groups -OCH3 is 2. The highest BCUT2D eigenvalue weighted by Gasteiger charge is 2.20. The van der Waals surface area contributed by atoms with E-state index in [-0.39, 0.29) is 5.91 Å². The molecule has 0 radical (unpaired) electrons. The molecule has 3 nitrogen and oxygen atoms in total. The Morgan fingerprint density at radius 1 is 1.27 bits per heavy atom. The van der Waals surface area contributed by atoms with Gasteiger partial charge in [-0.1, -0.05) is 0 Å². The first kappa shape index (κ1) is 11.6. The molecule has 0 amide bonds. The lowest BCUT2D eigenvalue weighted by atomic mass is 11.3. The van der Waals surface area contributed by atoms with Crippen LogP contribution in [0, 0.1) is 0 Å². The standard InChI is InChI=1S/C5H15ClO3Si2/c1-7-5(8-2)10-9-11(3,4)6/h5H,10H2,1-4H3. The molecule has 0 aromatic heterocycles. The van der Waals surface area contributed by atoms with Crippen molar-refractivity contribution in [1.82, 2.24) is 0 Å². The maximum atomic E-state index is 5.93. The zero-order valence-electron chi connectivity index (χ0n) is 7.39. The normalized spacial score (nSPS) is 13.6. The molecule has 0 aromatic rings. The summed E-state index contributed by atoms with van der Waals surface area (Å²) in [5.41, 5.74) is 0. The van der Waals surface area contributed by atoms with Crippen LogP contribution in [0.5, 0.6) is 0 Å². The van der Waals surface area contributed by atoms with Gasteiger partial charge < -0.3 is 13.6 Å². The number of ether oxygens (including phenoxy) is 2. The Morgan fingerprint density at radius 2 is 1.73 bits per heavy atom. The minimum absolute atomic E-state index is 0.166. The number of rotatable bonds is 5. The summed E-state index contributed by atoms with van der Waals surface area (Å²) in [7, 11) is 0.537. The largest absolute Gasteiger partial charge is 0.445 e. The number of hydrogen-bond donors (Lipinski definition) is 0. The fraction of sp³-hybridized carbons (Fsp3) is 1.00. The molecule has 0 atom stereocenters. The summed E-state index contributed by atoms with van der Waals surface area (Å²) in [5, 5.41) is 0. The van der Waals surface area contributed by atoms with Gasteiger partial charge in [0.1, 0.15) is 0 Å². The first-order valence-corrected chi connectivity index (χ1v) is 8.69. The van der Waals surface area contributed by atoms with Crippen molar-refractivity contribution < 1.29 is 13.6 Å². The zero-order chi connectivity index (χ0) is 8.91. The molecule has 0 fully saturated rings. The van der Waals surface area contributed by atoms with Gasteiger partial charge >= 0.3 is 0 Å². The molecule has 0 aromatic carbocycles. The van der Waals surface area contributed by atoms with E-state index in [9.17, 15) is 0 Å². The van der Waals surface area contributed by atoms with Gasteiger partial charge in [0.05, 0.1) is 0 Å². The Labute approximate surface area is 75.8 Å². The molecule has 0 aliphatic heterocycles. The second-order valence-electron chi connectivity index (χ2n) is 2.58. The summed E-state index contributed by atoms with van der Waals surface area (Å²) in [6, 6.07) is 0. The van der Waals surface area contributed by atoms with E-state index in [0.717, 1.165) is 0 Å². The van der Waals surface area contributed by atoms with Crippen molar-refractivity contribution in [2.75, 3.05) is 14.2 Å². The fourth-order valence-electron chi connectivity index (χ4n) is 0.499. The molecule has 0 saturated heterocycles. The summed E-state index contributed by atoms with van der Waals surface area (Å²) in [4.78, 5) is 0. The minimum atomic E-state index is -1.88. The summed E-state index contributed by atoms with van der Waals surface area (Å²) in [6.45, 7) is 3.87. The van der Waals surface area contributed by atoms with Crippen molar-refractivity contribution in [2.24, 2.45) is 0 Å². The minimum Gasteiger partial charge on any atom is -0.445 e. The molecule has 6 heteroatoms. The van der Waals surface area contributed by atoms with Gasteiger partial charge in [-0.05, 0) is 13.1 Å². The Bertz CT molecular complexity index is 102. The topological polar surface area (TPSA) is 27.7 Å². The van der Waals surface area contributed by atoms with Crippen molar-refractivity contribution in [1.29, 1.82) is 0 Å². The van der Waals surface area contributed by atoms with Crippen LogP contribution in [-0.4, -0.2) is 37.5 Å². The lowest BCUT2D eigenvalue weighted by Crippen LogP contribution is -2.33. The van der Waals surface area contributed by atoms with E-state index in [2.05, 4.69) is 0 Å². The van der Waals surface area contributed by atoms with Gasteiger partial charge in [0.25, 0.3) is 7.63 Å². The van der Waals surface area contributed by atoms with Gasteiger partial charge in [0.15, 0.2) is 5.91 Å². The van der Waals surface area contributed by atoms with Gasteiger partial charge in [0.2, 0.25) is 9.76 Å². The van der Waals surface area contributed by atoms with E-state index >= 15 is 0 Å². The summed E-state index contributed by atoms with van der Waals surface area (Å²) in [6.07, 6.45) is 0. The first-order valence-electron chi connectivity index (χ1n) is 3.38. The highest BCUT2D eigenvalue weighted by atomic mass is 35.6. The van der Waals surface area contributed by atoms with Crippen LogP contribution in [0.25, 0.3) is 0 Å². The van der Waals surface area contributed by atoms with Gasteiger partial charge in [-0.3, -0.25) is 0 Å². The van der Waals surface area contributed by atoms with Crippen LogP contribution in [-0.2, 0) is 13.6 Å². The average Bonchev–Trinajstić information content (AvgIpc) is 1.88. The second kappa shape index (κ2) is 5.28. The monoisotopic (exact) mass is 214 g/mol. The third-order valence-electron chi connectivity index (χ3n) is 1.09. The van der Waals surface area contributed by atoms with Crippen LogP contribution in [0.1, 0.15) is 0 Å². The van der Waals surface area contributed by atoms with E-state index in [1.807, 2.05) is 13.1 Å². The molecule has 0 bridgehead atoms. The van der Waals surface area contributed by atoms with Crippen LogP contribution in [0.4, 0.5) is 0 Å². The molecule has 0 unspecified atom stereocenters. The quantitative estimate of drug-likeness (QED) is 0.381. The van der Waals surface area contributed by atoms with Crippen LogP contribution >= 0.6 is 11.1 Å². The molecule has 0 rings (SSSR count).